The smallest absolute Gasteiger partial charge is 0.337 e. The summed E-state index contributed by atoms with van der Waals surface area (Å²) in [6.45, 7) is -0.428. The van der Waals surface area contributed by atoms with Crippen LogP contribution in [0.1, 0.15) is 10.4 Å². The van der Waals surface area contributed by atoms with Crippen LogP contribution in [0.5, 0.6) is 0 Å². The molecule has 0 aliphatic rings. The van der Waals surface area contributed by atoms with Crippen molar-refractivity contribution in [2.75, 3.05) is 5.32 Å². The highest BCUT2D eigenvalue weighted by atomic mass is 16.4. The van der Waals surface area contributed by atoms with Gasteiger partial charge in [0.25, 0.3) is 11.1 Å². The molecule has 0 saturated heterocycles. The normalized spacial score (nSPS) is 10.1. The highest BCUT2D eigenvalue weighted by Gasteiger charge is 2.12. The number of hydrogen-bond donors (Lipinski definition) is 3. The molecule has 1 heterocycles. The predicted octanol–water partition coefficient (Wildman–Crippen LogP) is -0.127. The van der Waals surface area contributed by atoms with Crippen LogP contribution in [0, 0.1) is 0 Å². The van der Waals surface area contributed by atoms with Gasteiger partial charge in [-0.25, -0.2) is 9.48 Å². The summed E-state index contributed by atoms with van der Waals surface area (Å²) in [7, 11) is 0. The number of carboxylic acid groups (broad SMARTS) is 1. The predicted molar refractivity (Wildman–Crippen MR) is 73.4 cm³/mol. The molecule has 8 nitrogen and oxygen atoms in total. The van der Waals surface area contributed by atoms with E-state index in [0.717, 1.165) is 16.8 Å². The molecule has 0 aliphatic carbocycles. The number of rotatable bonds is 4. The Balaban J connectivity index is 2.20. The number of benzene rings is 1. The molecular weight excluding hydrogens is 278 g/mol. The third kappa shape index (κ3) is 3.44. The van der Waals surface area contributed by atoms with Gasteiger partial charge in [-0.05, 0) is 12.1 Å². The minimum atomic E-state index is -1.18. The molecule has 0 spiro atoms. The molecule has 3 N–H and O–H groups in total. The summed E-state index contributed by atoms with van der Waals surface area (Å²) < 4.78 is 0.834. The Kier molecular flexibility index (Phi) is 3.98. The van der Waals surface area contributed by atoms with Crippen LogP contribution in [0.4, 0.5) is 5.69 Å². The first-order chi connectivity index (χ1) is 9.97. The number of anilines is 1. The Morgan fingerprint density at radius 1 is 1.14 bits per heavy atom. The maximum absolute atomic E-state index is 11.8. The number of amides is 1. The lowest BCUT2D eigenvalue weighted by Gasteiger charge is -2.09. The number of carbonyl (C=O) groups is 2. The lowest BCUT2D eigenvalue weighted by atomic mass is 10.2. The van der Waals surface area contributed by atoms with Crippen molar-refractivity contribution in [1.29, 1.82) is 0 Å². The van der Waals surface area contributed by atoms with E-state index in [1.54, 1.807) is 6.07 Å². The Morgan fingerprint density at radius 2 is 1.86 bits per heavy atom. The number of H-pyrrole nitrogens is 1. The summed E-state index contributed by atoms with van der Waals surface area (Å²) in [5.74, 6) is -1.82. The number of aromatic nitrogens is 2. The van der Waals surface area contributed by atoms with Gasteiger partial charge in [-0.2, -0.15) is 0 Å². The summed E-state index contributed by atoms with van der Waals surface area (Å²) in [6.07, 6.45) is 0. The second-order valence-electron chi connectivity index (χ2n) is 4.13. The fourth-order valence-electron chi connectivity index (χ4n) is 1.69. The summed E-state index contributed by atoms with van der Waals surface area (Å²) >= 11 is 0. The minimum absolute atomic E-state index is 0.0697. The van der Waals surface area contributed by atoms with E-state index >= 15 is 0 Å². The van der Waals surface area contributed by atoms with Gasteiger partial charge in [0.15, 0.2) is 0 Å². The van der Waals surface area contributed by atoms with Crippen molar-refractivity contribution < 1.29 is 14.7 Å². The molecule has 1 aromatic heterocycles. The second kappa shape index (κ2) is 5.87. The van der Waals surface area contributed by atoms with Crippen molar-refractivity contribution >= 4 is 17.6 Å². The largest absolute Gasteiger partial charge is 0.478 e. The van der Waals surface area contributed by atoms with Crippen molar-refractivity contribution in [2.24, 2.45) is 0 Å². The molecule has 0 atom stereocenters. The summed E-state index contributed by atoms with van der Waals surface area (Å²) in [4.78, 5) is 45.4. The van der Waals surface area contributed by atoms with E-state index in [1.807, 2.05) is 0 Å². The van der Waals surface area contributed by atoms with Gasteiger partial charge in [0.2, 0.25) is 5.91 Å². The number of aromatic amines is 1. The van der Waals surface area contributed by atoms with Crippen LogP contribution < -0.4 is 16.4 Å². The minimum Gasteiger partial charge on any atom is -0.478 e. The molecule has 0 saturated carbocycles. The zero-order chi connectivity index (χ0) is 15.4. The van der Waals surface area contributed by atoms with E-state index in [9.17, 15) is 19.2 Å². The molecule has 2 aromatic rings. The highest BCUT2D eigenvalue weighted by molar-refractivity contribution is 6.00. The SMILES string of the molecule is O=C(Cn1[nH]c(=O)ccc1=O)Nc1ccccc1C(=O)O. The summed E-state index contributed by atoms with van der Waals surface area (Å²) in [5, 5.41) is 13.6. The van der Waals surface area contributed by atoms with Gasteiger partial charge in [0.05, 0.1) is 11.3 Å². The van der Waals surface area contributed by atoms with Crippen molar-refractivity contribution in [3.05, 3.63) is 62.7 Å². The fraction of sp³-hybridized carbons (Fsp3) is 0.0769. The average molecular weight is 289 g/mol. The Morgan fingerprint density at radius 3 is 2.57 bits per heavy atom. The number of carbonyl (C=O) groups excluding carboxylic acids is 1. The van der Waals surface area contributed by atoms with E-state index < -0.39 is 29.5 Å². The van der Waals surface area contributed by atoms with Crippen molar-refractivity contribution in [1.82, 2.24) is 9.78 Å². The van der Waals surface area contributed by atoms with Gasteiger partial charge < -0.3 is 10.4 Å². The molecule has 0 aliphatic heterocycles. The molecule has 21 heavy (non-hydrogen) atoms. The first-order valence-electron chi connectivity index (χ1n) is 5.90. The first kappa shape index (κ1) is 14.3. The zero-order valence-electron chi connectivity index (χ0n) is 10.7. The van der Waals surface area contributed by atoms with Crippen LogP contribution >= 0.6 is 0 Å². The van der Waals surface area contributed by atoms with Crippen LogP contribution in [0.25, 0.3) is 0 Å². The maximum Gasteiger partial charge on any atom is 0.337 e. The molecule has 0 bridgehead atoms. The molecule has 1 amide bonds. The van der Waals surface area contributed by atoms with Crippen molar-refractivity contribution in [3.8, 4) is 0 Å². The molecule has 108 valence electrons. The summed E-state index contributed by atoms with van der Waals surface area (Å²) in [5.41, 5.74) is -1.02. The van der Waals surface area contributed by atoms with E-state index in [2.05, 4.69) is 10.4 Å². The number of aromatic carboxylic acids is 1. The molecule has 0 radical (unpaired) electrons. The van der Waals surface area contributed by atoms with Gasteiger partial charge >= 0.3 is 5.97 Å². The Bertz CT molecular complexity index is 806. The van der Waals surface area contributed by atoms with E-state index in [4.69, 9.17) is 5.11 Å². The standard InChI is InChI=1S/C13H11N3O5/c17-10-5-6-12(19)16(15-10)7-11(18)14-9-4-2-1-3-8(9)13(20)21/h1-6H,7H2,(H,14,18)(H,15,17)(H,20,21). The van der Waals surface area contributed by atoms with Crippen molar-refractivity contribution in [2.45, 2.75) is 6.54 Å². The van der Waals surface area contributed by atoms with E-state index in [1.165, 1.54) is 18.2 Å². The number of para-hydroxylation sites is 1. The molecule has 2 rings (SSSR count). The van der Waals surface area contributed by atoms with Gasteiger partial charge in [-0.1, -0.05) is 12.1 Å². The van der Waals surface area contributed by atoms with Gasteiger partial charge in [-0.3, -0.25) is 19.5 Å². The number of carboxylic acids is 1. The van der Waals surface area contributed by atoms with Gasteiger partial charge in [-0.15, -0.1) is 0 Å². The molecular formula is C13H11N3O5. The van der Waals surface area contributed by atoms with Crippen LogP contribution in [0.15, 0.2) is 46.0 Å². The van der Waals surface area contributed by atoms with Crippen LogP contribution in [-0.4, -0.2) is 26.8 Å². The lowest BCUT2D eigenvalue weighted by molar-refractivity contribution is -0.117. The van der Waals surface area contributed by atoms with Gasteiger partial charge in [0, 0.05) is 12.1 Å². The number of nitrogens with one attached hydrogen (secondary N) is 2. The molecule has 8 heteroatoms. The van der Waals surface area contributed by atoms with E-state index in [0.29, 0.717) is 0 Å². The first-order valence-corrected chi connectivity index (χ1v) is 5.90. The zero-order valence-corrected chi connectivity index (χ0v) is 10.7. The second-order valence-corrected chi connectivity index (χ2v) is 4.13. The highest BCUT2D eigenvalue weighted by Crippen LogP contribution is 2.14. The van der Waals surface area contributed by atoms with E-state index in [-0.39, 0.29) is 11.3 Å². The Hall–Kier alpha value is -3.16. The third-order valence-electron chi connectivity index (χ3n) is 2.62. The molecule has 1 aromatic carbocycles. The molecule has 0 unspecified atom stereocenters. The fourth-order valence-corrected chi connectivity index (χ4v) is 1.69. The molecule has 0 fully saturated rings. The van der Waals surface area contributed by atoms with Gasteiger partial charge in [0.1, 0.15) is 6.54 Å². The average Bonchev–Trinajstić information content (AvgIpc) is 2.43. The van der Waals surface area contributed by atoms with Crippen LogP contribution in [0.3, 0.4) is 0 Å². The monoisotopic (exact) mass is 289 g/mol. The Labute approximate surface area is 117 Å². The third-order valence-corrected chi connectivity index (χ3v) is 2.62. The lowest BCUT2D eigenvalue weighted by Crippen LogP contribution is -2.33. The number of hydrogen-bond acceptors (Lipinski definition) is 4. The van der Waals surface area contributed by atoms with Crippen LogP contribution in [0.2, 0.25) is 0 Å². The number of nitrogens with zero attached hydrogens (tertiary/aromatic N) is 1. The summed E-state index contributed by atoms with van der Waals surface area (Å²) in [6, 6.07) is 7.96. The van der Waals surface area contributed by atoms with Crippen LogP contribution in [-0.2, 0) is 11.3 Å². The van der Waals surface area contributed by atoms with Crippen molar-refractivity contribution in [3.63, 3.8) is 0 Å². The topological polar surface area (TPSA) is 121 Å². The quantitative estimate of drug-likeness (QED) is 0.724. The maximum atomic E-state index is 11.8.